The number of benzene rings is 2. The maximum absolute atomic E-state index is 13.5. The number of carbonyl (C=O) groups excluding carboxylic acids is 1. The van der Waals surface area contributed by atoms with Gasteiger partial charge in [0.15, 0.2) is 0 Å². The summed E-state index contributed by atoms with van der Waals surface area (Å²) in [5.74, 6) is -1.05. The lowest BCUT2D eigenvalue weighted by atomic mass is 9.92. The molecule has 0 bridgehead atoms. The summed E-state index contributed by atoms with van der Waals surface area (Å²) in [7, 11) is 0. The maximum atomic E-state index is 13.5. The fourth-order valence-electron chi connectivity index (χ4n) is 5.11. The van der Waals surface area contributed by atoms with Crippen LogP contribution in [0.2, 0.25) is 5.02 Å². The van der Waals surface area contributed by atoms with Crippen molar-refractivity contribution in [3.8, 4) is 22.4 Å². The predicted octanol–water partition coefficient (Wildman–Crippen LogP) is 4.97. The highest BCUT2D eigenvalue weighted by atomic mass is 35.5. The van der Waals surface area contributed by atoms with E-state index in [9.17, 15) is 19.5 Å². The molecule has 2 aliphatic rings. The molecule has 0 saturated carbocycles. The lowest BCUT2D eigenvalue weighted by Crippen LogP contribution is -2.50. The van der Waals surface area contributed by atoms with Gasteiger partial charge in [0.25, 0.3) is 5.56 Å². The van der Waals surface area contributed by atoms with Crippen LogP contribution in [-0.2, 0) is 29.1 Å². The van der Waals surface area contributed by atoms with Crippen molar-refractivity contribution in [2.24, 2.45) is 0 Å². The quantitative estimate of drug-likeness (QED) is 0.555. The molecule has 1 N–H and O–H groups in total. The van der Waals surface area contributed by atoms with Crippen LogP contribution in [0.5, 0.6) is 0 Å². The largest absolute Gasteiger partial charge is 0.480 e. The Bertz CT molecular complexity index is 1380. The lowest BCUT2D eigenvalue weighted by molar-refractivity contribution is -0.147. The Morgan fingerprint density at radius 1 is 1.09 bits per heavy atom. The average Bonchev–Trinajstić information content (AvgIpc) is 3.26. The van der Waals surface area contributed by atoms with Gasteiger partial charge in [-0.3, -0.25) is 9.69 Å². The van der Waals surface area contributed by atoms with Gasteiger partial charge in [0.1, 0.15) is 12.1 Å². The van der Waals surface area contributed by atoms with Crippen LogP contribution in [0.25, 0.3) is 22.4 Å². The second-order valence-corrected chi connectivity index (χ2v) is 9.63. The highest BCUT2D eigenvalue weighted by molar-refractivity contribution is 6.30. The third kappa shape index (κ3) is 4.00. The topological polar surface area (TPSA) is 88.8 Å². The van der Waals surface area contributed by atoms with Crippen molar-refractivity contribution in [3.63, 3.8) is 0 Å². The zero-order valence-corrected chi connectivity index (χ0v) is 20.0. The van der Waals surface area contributed by atoms with Crippen molar-refractivity contribution in [2.75, 3.05) is 6.54 Å². The molecule has 8 heteroatoms. The molecule has 2 aliphatic heterocycles. The number of carboxylic acids is 1. The van der Waals surface area contributed by atoms with Gasteiger partial charge in [-0.15, -0.1) is 0 Å². The number of aryl methyl sites for hydroxylation is 1. The molecule has 35 heavy (non-hydrogen) atoms. The number of carboxylic acid groups (broad SMARTS) is 1. The molecule has 0 radical (unpaired) electrons. The molecule has 3 heterocycles. The molecule has 1 amide bonds. The first-order valence-corrected chi connectivity index (χ1v) is 12.0. The molecule has 180 valence electrons. The first kappa shape index (κ1) is 23.2. The number of nitrogens with zero attached hydrogens (tertiary/aromatic N) is 2. The van der Waals surface area contributed by atoms with E-state index >= 15 is 0 Å². The molecule has 0 aliphatic carbocycles. The monoisotopic (exact) mass is 492 g/mol. The van der Waals surface area contributed by atoms with E-state index < -0.39 is 17.6 Å². The molecule has 1 aromatic heterocycles. The second-order valence-electron chi connectivity index (χ2n) is 9.19. The van der Waals surface area contributed by atoms with Gasteiger partial charge in [-0.05, 0) is 55.5 Å². The number of halogens is 1. The van der Waals surface area contributed by atoms with Crippen LogP contribution in [0.1, 0.15) is 30.9 Å². The fourth-order valence-corrected chi connectivity index (χ4v) is 5.28. The first-order valence-electron chi connectivity index (χ1n) is 11.6. The van der Waals surface area contributed by atoms with Gasteiger partial charge < -0.3 is 14.4 Å². The van der Waals surface area contributed by atoms with Gasteiger partial charge in [-0.25, -0.2) is 9.59 Å². The molecular weight excluding hydrogens is 468 g/mol. The number of fused-ring (bicyclic) bond motifs is 3. The highest BCUT2D eigenvalue weighted by Gasteiger charge is 2.46. The Kier molecular flexibility index (Phi) is 5.89. The summed E-state index contributed by atoms with van der Waals surface area (Å²) in [5, 5.41) is 10.2. The third-order valence-electron chi connectivity index (χ3n) is 7.06. The zero-order chi connectivity index (χ0) is 24.7. The SMILES string of the molecule is C[C@]1(C(=O)O)CCCN1C(=O)OCc1cc(-c2ccccc2)c(=O)n2c1-c1cc(Cl)ccc1CC2. The number of ether oxygens (including phenoxy) is 1. The predicted molar refractivity (Wildman–Crippen MR) is 132 cm³/mol. The molecule has 3 aromatic rings. The van der Waals surface area contributed by atoms with E-state index in [2.05, 4.69) is 0 Å². The molecule has 1 atom stereocenters. The first-order chi connectivity index (χ1) is 16.8. The standard InChI is InChI=1S/C27H25ClN2O5/c1-27(25(32)33)11-5-12-30(27)26(34)35-16-19-14-22(17-6-3-2-4-7-17)24(31)29-13-10-18-8-9-20(28)15-21(18)23(19)29/h2-4,6-9,14-15H,5,10-13,16H2,1H3,(H,32,33)/t27-/m1/s1. The summed E-state index contributed by atoms with van der Waals surface area (Å²) in [5.41, 5.74) is 3.11. The van der Waals surface area contributed by atoms with Gasteiger partial charge in [-0.1, -0.05) is 48.0 Å². The number of aliphatic carboxylic acids is 1. The Hall–Kier alpha value is -3.58. The van der Waals surface area contributed by atoms with Crippen LogP contribution in [0.15, 0.2) is 59.4 Å². The van der Waals surface area contributed by atoms with Crippen molar-refractivity contribution < 1.29 is 19.4 Å². The van der Waals surface area contributed by atoms with Gasteiger partial charge in [0.05, 0.1) is 5.69 Å². The van der Waals surface area contributed by atoms with Crippen LogP contribution in [0.3, 0.4) is 0 Å². The highest BCUT2D eigenvalue weighted by Crippen LogP contribution is 2.36. The van der Waals surface area contributed by atoms with Crippen molar-refractivity contribution >= 4 is 23.7 Å². The molecule has 0 spiro atoms. The number of aromatic nitrogens is 1. The minimum absolute atomic E-state index is 0.105. The summed E-state index contributed by atoms with van der Waals surface area (Å²) in [6.07, 6.45) is 0.970. The van der Waals surface area contributed by atoms with E-state index in [1.807, 2.05) is 48.5 Å². The van der Waals surface area contributed by atoms with Gasteiger partial charge >= 0.3 is 12.1 Å². The van der Waals surface area contributed by atoms with Crippen molar-refractivity contribution in [1.29, 1.82) is 0 Å². The molecule has 2 aromatic carbocycles. The molecule has 0 unspecified atom stereocenters. The van der Waals surface area contributed by atoms with E-state index in [1.165, 1.54) is 4.90 Å². The van der Waals surface area contributed by atoms with Gasteiger partial charge in [-0.2, -0.15) is 0 Å². The number of likely N-dealkylation sites (tertiary alicyclic amines) is 1. The van der Waals surface area contributed by atoms with Crippen molar-refractivity contribution in [3.05, 3.63) is 81.1 Å². The molecule has 1 saturated heterocycles. The van der Waals surface area contributed by atoms with Crippen molar-refractivity contribution in [1.82, 2.24) is 9.47 Å². The van der Waals surface area contributed by atoms with Gasteiger partial charge in [0.2, 0.25) is 0 Å². The van der Waals surface area contributed by atoms with Crippen LogP contribution in [0, 0.1) is 0 Å². The van der Waals surface area contributed by atoms with Crippen molar-refractivity contribution in [2.45, 2.75) is 44.9 Å². The number of hydrogen-bond acceptors (Lipinski definition) is 4. The molecule has 5 rings (SSSR count). The molecule has 1 fully saturated rings. The Balaban J connectivity index is 1.58. The summed E-state index contributed by atoms with van der Waals surface area (Å²) < 4.78 is 7.40. The summed E-state index contributed by atoms with van der Waals surface area (Å²) in [6, 6.07) is 16.7. The van der Waals surface area contributed by atoms with Crippen LogP contribution >= 0.6 is 11.6 Å². The smallest absolute Gasteiger partial charge is 0.411 e. The minimum Gasteiger partial charge on any atom is -0.480 e. The summed E-state index contributed by atoms with van der Waals surface area (Å²) >= 11 is 6.30. The lowest BCUT2D eigenvalue weighted by Gasteiger charge is -2.30. The maximum Gasteiger partial charge on any atom is 0.411 e. The number of rotatable bonds is 4. The molecule has 7 nitrogen and oxygen atoms in total. The number of pyridine rings is 1. The third-order valence-corrected chi connectivity index (χ3v) is 7.29. The van der Waals surface area contributed by atoms with Crippen LogP contribution in [-0.4, -0.2) is 38.7 Å². The van der Waals surface area contributed by atoms with E-state index in [0.717, 1.165) is 16.7 Å². The zero-order valence-electron chi connectivity index (χ0n) is 19.3. The number of carbonyl (C=O) groups is 2. The Morgan fingerprint density at radius 2 is 1.86 bits per heavy atom. The minimum atomic E-state index is -1.29. The fraction of sp³-hybridized carbons (Fsp3) is 0.296. The van der Waals surface area contributed by atoms with E-state index in [4.69, 9.17) is 16.3 Å². The van der Waals surface area contributed by atoms with Crippen LogP contribution < -0.4 is 5.56 Å². The number of hydrogen-bond donors (Lipinski definition) is 1. The second kappa shape index (κ2) is 8.89. The van der Waals surface area contributed by atoms with Crippen LogP contribution in [0.4, 0.5) is 4.79 Å². The average molecular weight is 493 g/mol. The normalized spacial score (nSPS) is 18.6. The number of amides is 1. The van der Waals surface area contributed by atoms with E-state index in [0.29, 0.717) is 54.2 Å². The Labute approximate surface area is 207 Å². The summed E-state index contributed by atoms with van der Waals surface area (Å²) in [4.78, 5) is 39.6. The summed E-state index contributed by atoms with van der Waals surface area (Å²) in [6.45, 7) is 2.25. The van der Waals surface area contributed by atoms with E-state index in [-0.39, 0.29) is 12.2 Å². The molecular formula is C27H25ClN2O5. The Morgan fingerprint density at radius 3 is 2.60 bits per heavy atom. The van der Waals surface area contributed by atoms with E-state index in [1.54, 1.807) is 17.6 Å². The van der Waals surface area contributed by atoms with Gasteiger partial charge in [0, 0.05) is 34.8 Å².